The Bertz CT molecular complexity index is 582. The van der Waals surface area contributed by atoms with E-state index in [1.165, 1.54) is 21.2 Å². The summed E-state index contributed by atoms with van der Waals surface area (Å²) < 4.78 is 5.33. The predicted octanol–water partition coefficient (Wildman–Crippen LogP) is 4.32. The summed E-state index contributed by atoms with van der Waals surface area (Å²) >= 11 is 1.82. The molecule has 18 heavy (non-hydrogen) atoms. The van der Waals surface area contributed by atoms with E-state index in [4.69, 9.17) is 4.74 Å². The summed E-state index contributed by atoms with van der Waals surface area (Å²) in [5.41, 5.74) is 2.52. The standard InChI is InChI=1S/C15H15NOS/c1-3-16-12-6-4-5-7-14(12)18-15-9-8-11(17-2)10-13(15)16/h4-10H,3H2,1-2H3. The predicted molar refractivity (Wildman–Crippen MR) is 76.2 cm³/mol. The third kappa shape index (κ3) is 1.75. The quantitative estimate of drug-likeness (QED) is 0.795. The van der Waals surface area contributed by atoms with Crippen LogP contribution in [0.4, 0.5) is 11.4 Å². The van der Waals surface area contributed by atoms with Crippen LogP contribution in [0.1, 0.15) is 6.92 Å². The van der Waals surface area contributed by atoms with Crippen LogP contribution in [0.25, 0.3) is 0 Å². The average molecular weight is 257 g/mol. The Hall–Kier alpha value is -1.61. The van der Waals surface area contributed by atoms with Gasteiger partial charge in [-0.2, -0.15) is 0 Å². The maximum Gasteiger partial charge on any atom is 0.121 e. The molecule has 0 aliphatic carbocycles. The smallest absolute Gasteiger partial charge is 0.121 e. The highest BCUT2D eigenvalue weighted by molar-refractivity contribution is 7.99. The molecule has 0 amide bonds. The molecule has 92 valence electrons. The molecule has 0 fully saturated rings. The lowest BCUT2D eigenvalue weighted by atomic mass is 10.2. The number of methoxy groups -OCH3 is 1. The highest BCUT2D eigenvalue weighted by atomic mass is 32.2. The van der Waals surface area contributed by atoms with Gasteiger partial charge in [0.2, 0.25) is 0 Å². The van der Waals surface area contributed by atoms with E-state index in [0.29, 0.717) is 0 Å². The number of hydrogen-bond donors (Lipinski definition) is 0. The van der Waals surface area contributed by atoms with Crippen molar-refractivity contribution < 1.29 is 4.74 Å². The first-order chi connectivity index (χ1) is 8.83. The molecular weight excluding hydrogens is 242 g/mol. The normalized spacial score (nSPS) is 12.9. The van der Waals surface area contributed by atoms with Crippen LogP contribution >= 0.6 is 11.8 Å². The van der Waals surface area contributed by atoms with Crippen LogP contribution in [0.2, 0.25) is 0 Å². The van der Waals surface area contributed by atoms with Crippen LogP contribution in [0.5, 0.6) is 5.75 Å². The van der Waals surface area contributed by atoms with Gasteiger partial charge in [0.25, 0.3) is 0 Å². The van der Waals surface area contributed by atoms with Gasteiger partial charge in [-0.1, -0.05) is 23.9 Å². The van der Waals surface area contributed by atoms with Crippen LogP contribution in [-0.4, -0.2) is 13.7 Å². The van der Waals surface area contributed by atoms with Crippen molar-refractivity contribution in [1.29, 1.82) is 0 Å². The lowest BCUT2D eigenvalue weighted by molar-refractivity contribution is 0.414. The Kier molecular flexibility index (Phi) is 2.92. The topological polar surface area (TPSA) is 12.5 Å². The molecule has 0 radical (unpaired) electrons. The zero-order valence-electron chi connectivity index (χ0n) is 10.5. The van der Waals surface area contributed by atoms with Gasteiger partial charge in [-0.25, -0.2) is 0 Å². The lowest BCUT2D eigenvalue weighted by Gasteiger charge is -2.32. The monoisotopic (exact) mass is 257 g/mol. The average Bonchev–Trinajstić information content (AvgIpc) is 2.44. The first-order valence-corrected chi connectivity index (χ1v) is 6.87. The van der Waals surface area contributed by atoms with Crippen LogP contribution in [0.15, 0.2) is 52.3 Å². The number of benzene rings is 2. The number of para-hydroxylation sites is 1. The molecular formula is C15H15NOS. The van der Waals surface area contributed by atoms with Crippen LogP contribution < -0.4 is 9.64 Å². The largest absolute Gasteiger partial charge is 0.497 e. The molecule has 1 aliphatic rings. The molecule has 0 bridgehead atoms. The highest BCUT2D eigenvalue weighted by Crippen LogP contribution is 2.48. The Balaban J connectivity index is 2.15. The second-order valence-electron chi connectivity index (χ2n) is 4.15. The van der Waals surface area contributed by atoms with E-state index in [1.54, 1.807) is 7.11 Å². The van der Waals surface area contributed by atoms with E-state index in [9.17, 15) is 0 Å². The third-order valence-electron chi connectivity index (χ3n) is 3.15. The van der Waals surface area contributed by atoms with Crippen molar-refractivity contribution in [3.63, 3.8) is 0 Å². The molecule has 3 rings (SSSR count). The summed E-state index contributed by atoms with van der Waals surface area (Å²) in [4.78, 5) is 4.94. The van der Waals surface area contributed by atoms with Crippen LogP contribution in [0.3, 0.4) is 0 Å². The van der Waals surface area contributed by atoms with Gasteiger partial charge in [0, 0.05) is 22.4 Å². The minimum absolute atomic E-state index is 0.909. The van der Waals surface area contributed by atoms with Crippen molar-refractivity contribution in [3.8, 4) is 5.75 Å². The minimum atomic E-state index is 0.909. The van der Waals surface area contributed by atoms with Crippen molar-refractivity contribution in [3.05, 3.63) is 42.5 Å². The zero-order valence-corrected chi connectivity index (χ0v) is 11.3. The molecule has 0 spiro atoms. The fraction of sp³-hybridized carbons (Fsp3) is 0.200. The molecule has 2 aromatic rings. The van der Waals surface area contributed by atoms with Gasteiger partial charge in [-0.15, -0.1) is 0 Å². The van der Waals surface area contributed by atoms with Gasteiger partial charge >= 0.3 is 0 Å². The van der Waals surface area contributed by atoms with Gasteiger partial charge in [0.15, 0.2) is 0 Å². The maximum absolute atomic E-state index is 5.33. The number of nitrogens with zero attached hydrogens (tertiary/aromatic N) is 1. The van der Waals surface area contributed by atoms with Gasteiger partial charge in [0.1, 0.15) is 5.75 Å². The van der Waals surface area contributed by atoms with E-state index in [0.717, 1.165) is 12.3 Å². The lowest BCUT2D eigenvalue weighted by Crippen LogP contribution is -2.19. The second-order valence-corrected chi connectivity index (χ2v) is 5.23. The van der Waals surface area contributed by atoms with Gasteiger partial charge in [-0.05, 0) is 31.2 Å². The summed E-state index contributed by atoms with van der Waals surface area (Å²) in [6, 6.07) is 14.8. The highest BCUT2D eigenvalue weighted by Gasteiger charge is 2.22. The molecule has 0 N–H and O–H groups in total. The van der Waals surface area contributed by atoms with Crippen LogP contribution in [-0.2, 0) is 0 Å². The van der Waals surface area contributed by atoms with E-state index >= 15 is 0 Å². The molecule has 2 nitrogen and oxygen atoms in total. The molecule has 0 atom stereocenters. The summed E-state index contributed by atoms with van der Waals surface area (Å²) in [5, 5.41) is 0. The molecule has 0 aromatic heterocycles. The maximum atomic E-state index is 5.33. The third-order valence-corrected chi connectivity index (χ3v) is 4.28. The van der Waals surface area contributed by atoms with Crippen molar-refractivity contribution in [2.75, 3.05) is 18.6 Å². The molecule has 2 aromatic carbocycles. The van der Waals surface area contributed by atoms with Crippen molar-refractivity contribution in [2.24, 2.45) is 0 Å². The molecule has 0 saturated heterocycles. The van der Waals surface area contributed by atoms with Crippen molar-refractivity contribution in [2.45, 2.75) is 16.7 Å². The molecule has 1 aliphatic heterocycles. The Morgan fingerprint density at radius 2 is 1.83 bits per heavy atom. The zero-order chi connectivity index (χ0) is 12.5. The number of ether oxygens (including phenoxy) is 1. The SMILES string of the molecule is CCN1c2ccccc2Sc2ccc(OC)cc21. The first-order valence-electron chi connectivity index (χ1n) is 6.06. The molecule has 0 unspecified atom stereocenters. The van der Waals surface area contributed by atoms with Gasteiger partial charge < -0.3 is 9.64 Å². The van der Waals surface area contributed by atoms with Gasteiger partial charge in [-0.3, -0.25) is 0 Å². The van der Waals surface area contributed by atoms with E-state index in [-0.39, 0.29) is 0 Å². The Morgan fingerprint density at radius 1 is 1.06 bits per heavy atom. The summed E-state index contributed by atoms with van der Waals surface area (Å²) in [7, 11) is 1.71. The molecule has 1 heterocycles. The van der Waals surface area contributed by atoms with Crippen molar-refractivity contribution >= 4 is 23.1 Å². The number of fused-ring (bicyclic) bond motifs is 2. The van der Waals surface area contributed by atoms with E-state index in [1.807, 2.05) is 17.8 Å². The van der Waals surface area contributed by atoms with Crippen molar-refractivity contribution in [1.82, 2.24) is 0 Å². The summed E-state index contributed by atoms with van der Waals surface area (Å²) in [6.45, 7) is 3.13. The Morgan fingerprint density at radius 3 is 2.61 bits per heavy atom. The molecule has 3 heteroatoms. The Labute approximate surface area is 112 Å². The van der Waals surface area contributed by atoms with Gasteiger partial charge in [0.05, 0.1) is 18.5 Å². The minimum Gasteiger partial charge on any atom is -0.497 e. The number of anilines is 2. The summed E-state index contributed by atoms with van der Waals surface area (Å²) in [5.74, 6) is 0.909. The fourth-order valence-corrected chi connectivity index (χ4v) is 3.35. The van der Waals surface area contributed by atoms with E-state index < -0.39 is 0 Å². The number of rotatable bonds is 2. The number of hydrogen-bond acceptors (Lipinski definition) is 3. The van der Waals surface area contributed by atoms with Crippen LogP contribution in [0, 0.1) is 0 Å². The van der Waals surface area contributed by atoms with E-state index in [2.05, 4.69) is 48.2 Å². The fourth-order valence-electron chi connectivity index (χ4n) is 2.28. The first kappa shape index (κ1) is 11.5. The second kappa shape index (κ2) is 4.58. The summed E-state index contributed by atoms with van der Waals surface area (Å²) in [6.07, 6.45) is 0. The molecule has 0 saturated carbocycles.